The van der Waals surface area contributed by atoms with E-state index in [9.17, 15) is 18.4 Å². The Morgan fingerprint density at radius 2 is 1.72 bits per heavy atom. The molecular formula is C22H19F2N3O2. The third kappa shape index (κ3) is 4.45. The van der Waals surface area contributed by atoms with E-state index in [1.807, 2.05) is 38.1 Å². The first-order chi connectivity index (χ1) is 13.9. The molecule has 0 aliphatic heterocycles. The summed E-state index contributed by atoms with van der Waals surface area (Å²) in [5.74, 6) is -2.93. The predicted molar refractivity (Wildman–Crippen MR) is 107 cm³/mol. The van der Waals surface area contributed by atoms with E-state index < -0.39 is 23.2 Å². The molecule has 1 N–H and O–H groups in total. The Morgan fingerprint density at radius 1 is 1.03 bits per heavy atom. The van der Waals surface area contributed by atoms with Crippen LogP contribution in [-0.2, 0) is 0 Å². The third-order valence-electron chi connectivity index (χ3n) is 4.32. The Morgan fingerprint density at radius 3 is 2.38 bits per heavy atom. The Balaban J connectivity index is 1.86. The molecule has 2 aromatic carbocycles. The SMILES string of the molecule is CCN(C(=O)c1ccnc(C(=O)Nc2c(F)cccc2F)c1)c1cccc(C)c1. The number of hydrogen-bond donors (Lipinski definition) is 1. The molecule has 0 bridgehead atoms. The lowest BCUT2D eigenvalue weighted by molar-refractivity contribution is 0.0988. The van der Waals surface area contributed by atoms with E-state index in [1.54, 1.807) is 4.90 Å². The van der Waals surface area contributed by atoms with E-state index in [2.05, 4.69) is 10.3 Å². The van der Waals surface area contributed by atoms with Gasteiger partial charge in [-0.15, -0.1) is 0 Å². The van der Waals surface area contributed by atoms with Gasteiger partial charge >= 0.3 is 0 Å². The van der Waals surface area contributed by atoms with E-state index in [1.165, 1.54) is 24.4 Å². The molecule has 0 aliphatic carbocycles. The number of aromatic nitrogens is 1. The molecule has 0 spiro atoms. The second kappa shape index (κ2) is 8.60. The number of para-hydroxylation sites is 1. The van der Waals surface area contributed by atoms with Gasteiger partial charge in [0.1, 0.15) is 23.0 Å². The second-order valence-electron chi connectivity index (χ2n) is 6.37. The standard InChI is InChI=1S/C22H19F2N3O2/c1-3-27(16-7-4-6-14(2)12-16)22(29)15-10-11-25-19(13-15)21(28)26-20-17(23)8-5-9-18(20)24/h4-13H,3H2,1-2H3,(H,26,28). The maximum Gasteiger partial charge on any atom is 0.274 e. The highest BCUT2D eigenvalue weighted by atomic mass is 19.1. The van der Waals surface area contributed by atoms with Crippen molar-refractivity contribution in [1.29, 1.82) is 0 Å². The molecule has 2 amide bonds. The highest BCUT2D eigenvalue weighted by Crippen LogP contribution is 2.21. The van der Waals surface area contributed by atoms with Crippen LogP contribution in [0.15, 0.2) is 60.8 Å². The van der Waals surface area contributed by atoms with Gasteiger partial charge in [-0.2, -0.15) is 0 Å². The predicted octanol–water partition coefficient (Wildman–Crippen LogP) is 4.59. The first-order valence-electron chi connectivity index (χ1n) is 9.00. The Hall–Kier alpha value is -3.61. The van der Waals surface area contributed by atoms with Crippen molar-refractivity contribution in [2.24, 2.45) is 0 Å². The summed E-state index contributed by atoms with van der Waals surface area (Å²) >= 11 is 0. The fourth-order valence-electron chi connectivity index (χ4n) is 2.88. The number of carbonyl (C=O) groups excluding carboxylic acids is 2. The molecule has 1 heterocycles. The Bertz CT molecular complexity index is 1050. The van der Waals surface area contributed by atoms with Crippen molar-refractivity contribution in [3.05, 3.63) is 89.2 Å². The van der Waals surface area contributed by atoms with E-state index >= 15 is 0 Å². The summed E-state index contributed by atoms with van der Waals surface area (Å²) in [5.41, 5.74) is 1.29. The minimum Gasteiger partial charge on any atom is -0.316 e. The van der Waals surface area contributed by atoms with Crippen molar-refractivity contribution < 1.29 is 18.4 Å². The molecule has 3 aromatic rings. The number of nitrogens with zero attached hydrogens (tertiary/aromatic N) is 2. The van der Waals surface area contributed by atoms with Crippen molar-refractivity contribution in [3.63, 3.8) is 0 Å². The topological polar surface area (TPSA) is 62.3 Å². The number of rotatable bonds is 5. The fraction of sp³-hybridized carbons (Fsp3) is 0.136. The van der Waals surface area contributed by atoms with Gasteiger partial charge in [0.25, 0.3) is 11.8 Å². The highest BCUT2D eigenvalue weighted by Gasteiger charge is 2.19. The molecule has 5 nitrogen and oxygen atoms in total. The Labute approximate surface area is 167 Å². The van der Waals surface area contributed by atoms with Crippen LogP contribution in [0.5, 0.6) is 0 Å². The molecule has 0 saturated carbocycles. The van der Waals surface area contributed by atoms with Crippen LogP contribution in [0, 0.1) is 18.6 Å². The van der Waals surface area contributed by atoms with Gasteiger partial charge in [0, 0.05) is 24.0 Å². The zero-order valence-electron chi connectivity index (χ0n) is 15.9. The second-order valence-corrected chi connectivity index (χ2v) is 6.37. The van der Waals surface area contributed by atoms with Crippen LogP contribution in [0.2, 0.25) is 0 Å². The van der Waals surface area contributed by atoms with Crippen LogP contribution in [0.3, 0.4) is 0 Å². The molecular weight excluding hydrogens is 376 g/mol. The van der Waals surface area contributed by atoms with Gasteiger partial charge in [-0.3, -0.25) is 14.6 Å². The van der Waals surface area contributed by atoms with Crippen LogP contribution in [-0.4, -0.2) is 23.3 Å². The summed E-state index contributed by atoms with van der Waals surface area (Å²) in [6, 6.07) is 13.5. The summed E-state index contributed by atoms with van der Waals surface area (Å²) in [7, 11) is 0. The average molecular weight is 395 g/mol. The molecule has 148 valence electrons. The smallest absolute Gasteiger partial charge is 0.274 e. The summed E-state index contributed by atoms with van der Waals surface area (Å²) in [6.45, 7) is 4.20. The number of halogens is 2. The van der Waals surface area contributed by atoms with Crippen LogP contribution in [0.25, 0.3) is 0 Å². The van der Waals surface area contributed by atoms with E-state index in [-0.39, 0.29) is 17.2 Å². The van der Waals surface area contributed by atoms with Gasteiger partial charge in [0.05, 0.1) is 0 Å². The zero-order chi connectivity index (χ0) is 21.0. The average Bonchev–Trinajstić information content (AvgIpc) is 2.71. The van der Waals surface area contributed by atoms with Gasteiger partial charge in [0.2, 0.25) is 0 Å². The van der Waals surface area contributed by atoms with Crippen LogP contribution < -0.4 is 10.2 Å². The largest absolute Gasteiger partial charge is 0.316 e. The zero-order valence-corrected chi connectivity index (χ0v) is 15.9. The number of nitrogens with one attached hydrogen (secondary N) is 1. The first-order valence-corrected chi connectivity index (χ1v) is 9.00. The molecule has 3 rings (SSSR count). The molecule has 0 aliphatic rings. The number of carbonyl (C=O) groups is 2. The monoisotopic (exact) mass is 395 g/mol. The fourth-order valence-corrected chi connectivity index (χ4v) is 2.88. The maximum atomic E-state index is 13.8. The van der Waals surface area contributed by atoms with Gasteiger partial charge in [-0.25, -0.2) is 8.78 Å². The van der Waals surface area contributed by atoms with Crippen molar-refractivity contribution in [3.8, 4) is 0 Å². The highest BCUT2D eigenvalue weighted by molar-refractivity contribution is 6.09. The van der Waals surface area contributed by atoms with Crippen LogP contribution >= 0.6 is 0 Å². The normalized spacial score (nSPS) is 10.5. The number of benzene rings is 2. The minimum atomic E-state index is -0.901. The molecule has 0 saturated heterocycles. The number of pyridine rings is 1. The number of hydrogen-bond acceptors (Lipinski definition) is 3. The van der Waals surface area contributed by atoms with Crippen molar-refractivity contribution in [1.82, 2.24) is 4.98 Å². The van der Waals surface area contributed by atoms with Gasteiger partial charge < -0.3 is 10.2 Å². The molecule has 0 unspecified atom stereocenters. The summed E-state index contributed by atoms with van der Waals surface area (Å²) in [4.78, 5) is 30.9. The van der Waals surface area contributed by atoms with Crippen molar-refractivity contribution >= 4 is 23.2 Å². The number of amides is 2. The van der Waals surface area contributed by atoms with E-state index in [4.69, 9.17) is 0 Å². The van der Waals surface area contributed by atoms with Crippen LogP contribution in [0.1, 0.15) is 33.3 Å². The quantitative estimate of drug-likeness (QED) is 0.687. The minimum absolute atomic E-state index is 0.126. The van der Waals surface area contributed by atoms with Gasteiger partial charge in [-0.1, -0.05) is 18.2 Å². The molecule has 1 aromatic heterocycles. The molecule has 0 fully saturated rings. The first kappa shape index (κ1) is 20.1. The van der Waals surface area contributed by atoms with Crippen LogP contribution in [0.4, 0.5) is 20.2 Å². The molecule has 29 heavy (non-hydrogen) atoms. The lowest BCUT2D eigenvalue weighted by Crippen LogP contribution is -2.31. The third-order valence-corrected chi connectivity index (χ3v) is 4.32. The summed E-state index contributed by atoms with van der Waals surface area (Å²) in [5, 5.41) is 2.17. The van der Waals surface area contributed by atoms with Gasteiger partial charge in [-0.05, 0) is 55.8 Å². The maximum absolute atomic E-state index is 13.8. The summed E-state index contributed by atoms with van der Waals surface area (Å²) in [6.07, 6.45) is 1.31. The lowest BCUT2D eigenvalue weighted by atomic mass is 10.1. The van der Waals surface area contributed by atoms with E-state index in [0.717, 1.165) is 23.4 Å². The van der Waals surface area contributed by atoms with E-state index in [0.29, 0.717) is 6.54 Å². The van der Waals surface area contributed by atoms with Gasteiger partial charge in [0.15, 0.2) is 0 Å². The molecule has 0 radical (unpaired) electrons. The molecule has 0 atom stereocenters. The Kier molecular flexibility index (Phi) is 5.97. The van der Waals surface area contributed by atoms with Crippen molar-refractivity contribution in [2.45, 2.75) is 13.8 Å². The molecule has 7 heteroatoms. The van der Waals surface area contributed by atoms with Crippen molar-refractivity contribution in [2.75, 3.05) is 16.8 Å². The number of aryl methyl sites for hydroxylation is 1. The summed E-state index contributed by atoms with van der Waals surface area (Å²) < 4.78 is 27.5. The number of anilines is 2. The lowest BCUT2D eigenvalue weighted by Gasteiger charge is -2.21.